The van der Waals surface area contributed by atoms with Gasteiger partial charge in [-0.25, -0.2) is 9.18 Å². The van der Waals surface area contributed by atoms with E-state index < -0.39 is 11.8 Å². The van der Waals surface area contributed by atoms with Crippen LogP contribution in [0.2, 0.25) is 0 Å². The molecule has 0 unspecified atom stereocenters. The maximum atomic E-state index is 13.6. The van der Waals surface area contributed by atoms with E-state index in [-0.39, 0.29) is 17.8 Å². The quantitative estimate of drug-likeness (QED) is 0.485. The Morgan fingerprint density at radius 3 is 2.48 bits per heavy atom. The number of carbonyl (C=O) groups excluding carboxylic acids is 1. The Bertz CT molecular complexity index is 1020. The molecule has 27 heavy (non-hydrogen) atoms. The van der Waals surface area contributed by atoms with Gasteiger partial charge in [0.1, 0.15) is 5.82 Å². The fourth-order valence-corrected chi connectivity index (χ4v) is 3.93. The smallest absolute Gasteiger partial charge is 0.337 e. The van der Waals surface area contributed by atoms with E-state index in [9.17, 15) is 19.1 Å². The van der Waals surface area contributed by atoms with E-state index in [2.05, 4.69) is 15.9 Å². The SMILES string of the molecule is O=C(/C=C/c1ccccc1F)Cc1scc(-c2ccc(Br)cc2)c1C(=O)O. The molecular weight excluding hydrogens is 431 g/mol. The molecule has 3 rings (SSSR count). The van der Waals surface area contributed by atoms with Gasteiger partial charge in [0.25, 0.3) is 0 Å². The normalized spacial score (nSPS) is 11.0. The van der Waals surface area contributed by atoms with Gasteiger partial charge in [-0.15, -0.1) is 11.3 Å². The zero-order valence-electron chi connectivity index (χ0n) is 14.0. The van der Waals surface area contributed by atoms with Crippen LogP contribution in [-0.2, 0) is 11.2 Å². The van der Waals surface area contributed by atoms with Gasteiger partial charge in [0.2, 0.25) is 0 Å². The summed E-state index contributed by atoms with van der Waals surface area (Å²) in [6, 6.07) is 13.4. The number of ketones is 1. The number of hydrogen-bond acceptors (Lipinski definition) is 3. The van der Waals surface area contributed by atoms with Gasteiger partial charge in [-0.1, -0.05) is 46.3 Å². The molecule has 0 saturated carbocycles. The first-order valence-electron chi connectivity index (χ1n) is 8.00. The molecule has 0 fully saturated rings. The molecule has 0 radical (unpaired) electrons. The van der Waals surface area contributed by atoms with Gasteiger partial charge in [0.15, 0.2) is 5.78 Å². The molecule has 0 aliphatic heterocycles. The van der Waals surface area contributed by atoms with Crippen molar-refractivity contribution in [1.29, 1.82) is 0 Å². The number of halogens is 2. The molecule has 0 amide bonds. The van der Waals surface area contributed by atoms with Gasteiger partial charge < -0.3 is 5.11 Å². The minimum atomic E-state index is -1.07. The van der Waals surface area contributed by atoms with Crippen LogP contribution < -0.4 is 0 Å². The van der Waals surface area contributed by atoms with Crippen LogP contribution in [0.3, 0.4) is 0 Å². The number of aromatic carboxylic acids is 1. The lowest BCUT2D eigenvalue weighted by Gasteiger charge is -2.03. The van der Waals surface area contributed by atoms with E-state index in [1.54, 1.807) is 23.6 Å². The highest BCUT2D eigenvalue weighted by molar-refractivity contribution is 9.10. The topological polar surface area (TPSA) is 54.4 Å². The molecule has 0 spiro atoms. The first-order valence-corrected chi connectivity index (χ1v) is 9.68. The number of carboxylic acids is 1. The number of benzene rings is 2. The molecule has 1 aromatic heterocycles. The molecule has 0 bridgehead atoms. The molecule has 1 N–H and O–H groups in total. The van der Waals surface area contributed by atoms with E-state index in [1.807, 2.05) is 24.3 Å². The second-order valence-corrected chi connectivity index (χ2v) is 7.64. The Morgan fingerprint density at radius 2 is 1.81 bits per heavy atom. The highest BCUT2D eigenvalue weighted by atomic mass is 79.9. The van der Waals surface area contributed by atoms with Crippen LogP contribution in [0.1, 0.15) is 20.8 Å². The highest BCUT2D eigenvalue weighted by Crippen LogP contribution is 2.33. The molecule has 0 aliphatic rings. The number of carboxylic acid groups (broad SMARTS) is 1. The average Bonchev–Trinajstić information content (AvgIpc) is 3.05. The van der Waals surface area contributed by atoms with E-state index in [0.717, 1.165) is 10.0 Å². The van der Waals surface area contributed by atoms with Crippen molar-refractivity contribution >= 4 is 45.1 Å². The minimum absolute atomic E-state index is 0.0478. The van der Waals surface area contributed by atoms with E-state index in [0.29, 0.717) is 16.0 Å². The molecule has 6 heteroatoms. The molecule has 0 saturated heterocycles. The van der Waals surface area contributed by atoms with Crippen molar-refractivity contribution in [3.05, 3.63) is 86.3 Å². The summed E-state index contributed by atoms with van der Waals surface area (Å²) in [4.78, 5) is 24.5. The number of thiophene rings is 1. The number of hydrogen-bond donors (Lipinski definition) is 1. The Balaban J connectivity index is 1.85. The predicted octanol–water partition coefficient (Wildman–Crippen LogP) is 5.84. The zero-order valence-corrected chi connectivity index (χ0v) is 16.4. The maximum absolute atomic E-state index is 13.6. The second-order valence-electron chi connectivity index (χ2n) is 5.76. The Hall–Kier alpha value is -2.57. The van der Waals surface area contributed by atoms with Crippen LogP contribution in [0.5, 0.6) is 0 Å². The number of rotatable bonds is 6. The predicted molar refractivity (Wildman–Crippen MR) is 109 cm³/mol. The van der Waals surface area contributed by atoms with Crippen LogP contribution in [-0.4, -0.2) is 16.9 Å². The summed E-state index contributed by atoms with van der Waals surface area (Å²) in [5.41, 5.74) is 1.80. The number of carbonyl (C=O) groups is 2. The van der Waals surface area contributed by atoms with Crippen LogP contribution in [0.25, 0.3) is 17.2 Å². The van der Waals surface area contributed by atoms with Gasteiger partial charge in [-0.05, 0) is 41.3 Å². The summed E-state index contributed by atoms with van der Waals surface area (Å²) in [5, 5.41) is 11.4. The van der Waals surface area contributed by atoms with E-state index in [4.69, 9.17) is 0 Å². The fraction of sp³-hybridized carbons (Fsp3) is 0.0476. The molecule has 3 nitrogen and oxygen atoms in total. The van der Waals surface area contributed by atoms with Crippen molar-refractivity contribution in [2.45, 2.75) is 6.42 Å². The lowest BCUT2D eigenvalue weighted by molar-refractivity contribution is -0.113. The lowest BCUT2D eigenvalue weighted by Crippen LogP contribution is -2.05. The van der Waals surface area contributed by atoms with Gasteiger partial charge >= 0.3 is 5.97 Å². The van der Waals surface area contributed by atoms with E-state index >= 15 is 0 Å². The molecule has 136 valence electrons. The first kappa shape index (κ1) is 19.2. The fourth-order valence-electron chi connectivity index (χ4n) is 2.61. The van der Waals surface area contributed by atoms with Crippen molar-refractivity contribution in [3.8, 4) is 11.1 Å². The largest absolute Gasteiger partial charge is 0.478 e. The average molecular weight is 445 g/mol. The second kappa shape index (κ2) is 8.41. The summed E-state index contributed by atoms with van der Waals surface area (Å²) in [5.74, 6) is -1.78. The maximum Gasteiger partial charge on any atom is 0.337 e. The van der Waals surface area contributed by atoms with E-state index in [1.165, 1.54) is 29.6 Å². The van der Waals surface area contributed by atoms with Crippen LogP contribution >= 0.6 is 27.3 Å². The summed E-state index contributed by atoms with van der Waals surface area (Å²) in [6.45, 7) is 0. The number of allylic oxidation sites excluding steroid dienone is 1. The first-order chi connectivity index (χ1) is 13.0. The third kappa shape index (κ3) is 4.59. The van der Waals surface area contributed by atoms with Crippen LogP contribution in [0, 0.1) is 5.82 Å². The molecule has 3 aromatic rings. The van der Waals surface area contributed by atoms with Gasteiger partial charge in [-0.2, -0.15) is 0 Å². The Labute approximate surface area is 167 Å². The monoisotopic (exact) mass is 444 g/mol. The standard InChI is InChI=1S/C21H14BrFO3S/c22-15-8-5-13(6-9-15)17-12-27-19(20(17)21(25)26)11-16(24)10-7-14-3-1-2-4-18(14)23/h1-10,12H,11H2,(H,25,26)/b10-7+. The Morgan fingerprint density at radius 1 is 1.11 bits per heavy atom. The van der Waals surface area contributed by atoms with Gasteiger partial charge in [0.05, 0.1) is 5.56 Å². The highest BCUT2D eigenvalue weighted by Gasteiger charge is 2.20. The minimum Gasteiger partial charge on any atom is -0.478 e. The summed E-state index contributed by atoms with van der Waals surface area (Å²) in [7, 11) is 0. The van der Waals surface area contributed by atoms with Crippen molar-refractivity contribution in [1.82, 2.24) is 0 Å². The van der Waals surface area contributed by atoms with Crippen molar-refractivity contribution in [3.63, 3.8) is 0 Å². The molecule has 0 atom stereocenters. The van der Waals surface area contributed by atoms with Crippen LogP contribution in [0.15, 0.2) is 64.5 Å². The third-order valence-corrected chi connectivity index (χ3v) is 5.44. The van der Waals surface area contributed by atoms with Crippen LogP contribution in [0.4, 0.5) is 4.39 Å². The van der Waals surface area contributed by atoms with Gasteiger partial charge in [0, 0.05) is 26.9 Å². The molecule has 1 heterocycles. The molecular formula is C21H14BrFO3S. The molecule has 2 aromatic carbocycles. The van der Waals surface area contributed by atoms with Crippen molar-refractivity contribution in [2.24, 2.45) is 0 Å². The summed E-state index contributed by atoms with van der Waals surface area (Å²) >= 11 is 4.59. The summed E-state index contributed by atoms with van der Waals surface area (Å²) in [6.07, 6.45) is 2.64. The Kier molecular flexibility index (Phi) is 5.98. The molecule has 0 aliphatic carbocycles. The van der Waals surface area contributed by atoms with Gasteiger partial charge in [-0.3, -0.25) is 4.79 Å². The summed E-state index contributed by atoms with van der Waals surface area (Å²) < 4.78 is 14.5. The van der Waals surface area contributed by atoms with Crippen molar-refractivity contribution in [2.75, 3.05) is 0 Å². The lowest BCUT2D eigenvalue weighted by atomic mass is 10.0. The van der Waals surface area contributed by atoms with Crippen molar-refractivity contribution < 1.29 is 19.1 Å². The third-order valence-electron chi connectivity index (χ3n) is 3.93. The zero-order chi connectivity index (χ0) is 19.4.